The van der Waals surface area contributed by atoms with Crippen LogP contribution in [0.3, 0.4) is 0 Å². The maximum absolute atomic E-state index is 14.4. The van der Waals surface area contributed by atoms with Crippen LogP contribution in [-0.4, -0.2) is 22.8 Å². The molecular formula is C18H23FN2O. The summed E-state index contributed by atoms with van der Waals surface area (Å²) in [5.74, 6) is 0.610. The molecule has 3 nitrogen and oxygen atoms in total. The van der Waals surface area contributed by atoms with Gasteiger partial charge in [0.15, 0.2) is 0 Å². The molecule has 0 spiro atoms. The zero-order valence-corrected chi connectivity index (χ0v) is 12.8. The van der Waals surface area contributed by atoms with Crippen LogP contribution in [0.4, 0.5) is 4.39 Å². The summed E-state index contributed by atoms with van der Waals surface area (Å²) >= 11 is 0. The van der Waals surface area contributed by atoms with E-state index < -0.39 is 0 Å². The minimum absolute atomic E-state index is 0.0723. The molecule has 0 aromatic heterocycles. The Morgan fingerprint density at radius 1 is 1.18 bits per heavy atom. The fourth-order valence-electron chi connectivity index (χ4n) is 4.30. The molecule has 1 atom stereocenters. The number of hydrogen-bond acceptors (Lipinski definition) is 3. The van der Waals surface area contributed by atoms with Crippen LogP contribution in [0.15, 0.2) is 24.4 Å². The van der Waals surface area contributed by atoms with E-state index in [-0.39, 0.29) is 18.0 Å². The minimum atomic E-state index is -0.0989. The van der Waals surface area contributed by atoms with Crippen molar-refractivity contribution < 1.29 is 9.50 Å². The lowest BCUT2D eigenvalue weighted by Crippen LogP contribution is -2.25. The van der Waals surface area contributed by atoms with Crippen molar-refractivity contribution in [2.75, 3.05) is 6.67 Å². The van der Waals surface area contributed by atoms with Gasteiger partial charge >= 0.3 is 0 Å². The third kappa shape index (κ3) is 2.30. The number of aliphatic hydroxyl groups is 1. The predicted molar refractivity (Wildman–Crippen MR) is 84.2 cm³/mol. The number of aliphatic hydroxyl groups excluding tert-OH is 1. The average Bonchev–Trinajstić information content (AvgIpc) is 3.09. The normalized spacial score (nSPS) is 29.8. The number of halogens is 1. The molecule has 0 unspecified atom stereocenters. The van der Waals surface area contributed by atoms with Gasteiger partial charge in [-0.2, -0.15) is 0 Å². The Kier molecular flexibility index (Phi) is 3.57. The fourth-order valence-corrected chi connectivity index (χ4v) is 4.30. The minimum Gasteiger partial charge on any atom is -0.393 e. The number of nitrogens with one attached hydrogen (secondary N) is 1. The lowest BCUT2D eigenvalue weighted by atomic mass is 9.83. The van der Waals surface area contributed by atoms with Gasteiger partial charge in [-0.15, -0.1) is 0 Å². The lowest BCUT2D eigenvalue weighted by molar-refractivity contribution is 0.104. The molecule has 4 heteroatoms. The number of benzene rings is 1. The third-order valence-electron chi connectivity index (χ3n) is 5.51. The van der Waals surface area contributed by atoms with E-state index in [4.69, 9.17) is 0 Å². The molecule has 4 rings (SSSR count). The highest BCUT2D eigenvalue weighted by Gasteiger charge is 2.37. The van der Waals surface area contributed by atoms with E-state index in [2.05, 4.69) is 10.2 Å². The van der Waals surface area contributed by atoms with Gasteiger partial charge in [-0.1, -0.05) is 12.1 Å². The second-order valence-corrected chi connectivity index (χ2v) is 6.83. The molecule has 2 N–H and O–H groups in total. The summed E-state index contributed by atoms with van der Waals surface area (Å²) in [4.78, 5) is 2.30. The largest absolute Gasteiger partial charge is 0.393 e. The first-order valence-corrected chi connectivity index (χ1v) is 8.41. The highest BCUT2D eigenvalue weighted by molar-refractivity contribution is 5.73. The van der Waals surface area contributed by atoms with Gasteiger partial charge in [0.1, 0.15) is 5.82 Å². The van der Waals surface area contributed by atoms with Crippen LogP contribution in [0.1, 0.15) is 55.7 Å². The molecule has 2 heterocycles. The molecule has 1 aliphatic carbocycles. The Morgan fingerprint density at radius 2 is 2.00 bits per heavy atom. The van der Waals surface area contributed by atoms with Crippen molar-refractivity contribution in [1.82, 2.24) is 10.2 Å². The quantitative estimate of drug-likeness (QED) is 0.898. The van der Waals surface area contributed by atoms with Crippen molar-refractivity contribution in [3.8, 4) is 0 Å². The number of nitrogens with zero attached hydrogens (tertiary/aromatic N) is 1. The summed E-state index contributed by atoms with van der Waals surface area (Å²) in [7, 11) is 0. The summed E-state index contributed by atoms with van der Waals surface area (Å²) < 4.78 is 14.4. The molecule has 1 fully saturated rings. The summed E-state index contributed by atoms with van der Waals surface area (Å²) in [5, 5.41) is 12.9. The predicted octanol–water partition coefficient (Wildman–Crippen LogP) is 3.37. The highest BCUT2D eigenvalue weighted by atomic mass is 19.1. The van der Waals surface area contributed by atoms with Crippen molar-refractivity contribution in [1.29, 1.82) is 0 Å². The smallest absolute Gasteiger partial charge is 0.129 e. The van der Waals surface area contributed by atoms with Gasteiger partial charge in [-0.3, -0.25) is 0 Å². The number of hydrogen-bond donors (Lipinski definition) is 2. The van der Waals surface area contributed by atoms with Crippen molar-refractivity contribution >= 4 is 5.70 Å². The second kappa shape index (κ2) is 5.58. The molecule has 0 radical (unpaired) electrons. The van der Waals surface area contributed by atoms with E-state index in [1.165, 1.54) is 0 Å². The molecular weight excluding hydrogens is 279 g/mol. The Hall–Kier alpha value is -1.55. The molecule has 1 saturated carbocycles. The van der Waals surface area contributed by atoms with Gasteiger partial charge in [0, 0.05) is 17.3 Å². The maximum atomic E-state index is 14.4. The van der Waals surface area contributed by atoms with Crippen molar-refractivity contribution in [2.24, 2.45) is 5.92 Å². The van der Waals surface area contributed by atoms with Crippen LogP contribution in [0, 0.1) is 11.7 Å². The van der Waals surface area contributed by atoms with E-state index in [1.807, 2.05) is 12.3 Å². The summed E-state index contributed by atoms with van der Waals surface area (Å²) in [5.41, 5.74) is 3.07. The highest BCUT2D eigenvalue weighted by Crippen LogP contribution is 2.46. The van der Waals surface area contributed by atoms with Crippen LogP contribution >= 0.6 is 0 Å². The van der Waals surface area contributed by atoms with E-state index >= 15 is 0 Å². The Bertz CT molecular complexity index is 593. The first-order valence-electron chi connectivity index (χ1n) is 8.41. The molecule has 3 aliphatic rings. The first kappa shape index (κ1) is 14.1. The van der Waals surface area contributed by atoms with Crippen LogP contribution < -0.4 is 5.32 Å². The van der Waals surface area contributed by atoms with Crippen molar-refractivity contribution in [2.45, 2.75) is 50.7 Å². The average molecular weight is 302 g/mol. The van der Waals surface area contributed by atoms with Gasteiger partial charge in [0.25, 0.3) is 0 Å². The summed E-state index contributed by atoms with van der Waals surface area (Å²) in [6, 6.07) is 5.57. The molecule has 22 heavy (non-hydrogen) atoms. The number of rotatable bonds is 3. The molecule has 0 amide bonds. The van der Waals surface area contributed by atoms with E-state index in [0.717, 1.165) is 62.0 Å². The monoisotopic (exact) mass is 302 g/mol. The number of fused-ring (bicyclic) bond motifs is 3. The molecule has 0 saturated heterocycles. The zero-order chi connectivity index (χ0) is 15.1. The summed E-state index contributed by atoms with van der Waals surface area (Å²) in [6.07, 6.45) is 8.10. The Morgan fingerprint density at radius 3 is 2.82 bits per heavy atom. The molecule has 118 valence electrons. The first-order chi connectivity index (χ1) is 10.7. The standard InChI is InChI=1S/C18H23FN2O/c19-15-3-1-2-14-17-10-20-11-21(17)16(18(14)15)9-6-12-4-7-13(22)8-5-12/h1-3,10,12-13,16,20,22H,4-9,11H2/t12?,13?,16-/m1/s1. The third-order valence-corrected chi connectivity index (χ3v) is 5.51. The maximum Gasteiger partial charge on any atom is 0.129 e. The van der Waals surface area contributed by atoms with Crippen molar-refractivity contribution in [3.05, 3.63) is 41.3 Å². The van der Waals surface area contributed by atoms with Gasteiger partial charge in [-0.25, -0.2) is 4.39 Å². The fraction of sp³-hybridized carbons (Fsp3) is 0.556. The lowest BCUT2D eigenvalue weighted by Gasteiger charge is -2.29. The molecule has 1 aromatic carbocycles. The topological polar surface area (TPSA) is 35.5 Å². The summed E-state index contributed by atoms with van der Waals surface area (Å²) in [6.45, 7) is 0.775. The van der Waals surface area contributed by atoms with Crippen LogP contribution in [0.25, 0.3) is 5.70 Å². The Labute approximate surface area is 130 Å². The van der Waals surface area contributed by atoms with E-state index in [0.29, 0.717) is 5.92 Å². The van der Waals surface area contributed by atoms with Gasteiger partial charge in [-0.05, 0) is 50.5 Å². The zero-order valence-electron chi connectivity index (χ0n) is 12.8. The SMILES string of the molecule is OC1CCC(CC[C@@H]2c3c(F)cccc3C3=CNCN32)CC1. The van der Waals surface area contributed by atoms with Gasteiger partial charge in [0.05, 0.1) is 24.5 Å². The van der Waals surface area contributed by atoms with Crippen molar-refractivity contribution in [3.63, 3.8) is 0 Å². The van der Waals surface area contributed by atoms with Gasteiger partial charge in [0.2, 0.25) is 0 Å². The molecule has 2 aliphatic heterocycles. The van der Waals surface area contributed by atoms with E-state index in [9.17, 15) is 9.50 Å². The second-order valence-electron chi connectivity index (χ2n) is 6.83. The van der Waals surface area contributed by atoms with Crippen LogP contribution in [-0.2, 0) is 0 Å². The van der Waals surface area contributed by atoms with Crippen LogP contribution in [0.5, 0.6) is 0 Å². The Balaban J connectivity index is 1.51. The molecule has 1 aromatic rings. The van der Waals surface area contributed by atoms with Crippen LogP contribution in [0.2, 0.25) is 0 Å². The van der Waals surface area contributed by atoms with Gasteiger partial charge < -0.3 is 15.3 Å². The molecule has 0 bridgehead atoms. The van der Waals surface area contributed by atoms with E-state index in [1.54, 1.807) is 12.1 Å².